The lowest BCUT2D eigenvalue weighted by Gasteiger charge is -2.26. The Morgan fingerprint density at radius 1 is 1.00 bits per heavy atom. The van der Waals surface area contributed by atoms with Gasteiger partial charge in [-0.15, -0.1) is 12.4 Å². The van der Waals surface area contributed by atoms with Gasteiger partial charge in [0.2, 0.25) is 0 Å². The van der Waals surface area contributed by atoms with E-state index in [-0.39, 0.29) is 34.8 Å². The quantitative estimate of drug-likeness (QED) is 0.424. The zero-order valence-corrected chi connectivity index (χ0v) is 18.5. The number of hydrogen-bond acceptors (Lipinski definition) is 3. The van der Waals surface area contributed by atoms with E-state index < -0.39 is 11.7 Å². The fraction of sp³-hybridized carbons (Fsp3) is 0.250. The van der Waals surface area contributed by atoms with Crippen molar-refractivity contribution in [1.29, 1.82) is 0 Å². The molecule has 2 N–H and O–H groups in total. The first-order chi connectivity index (χ1) is 14.7. The fourth-order valence-corrected chi connectivity index (χ4v) is 4.44. The summed E-state index contributed by atoms with van der Waals surface area (Å²) in [6.45, 7) is 1.69. The van der Waals surface area contributed by atoms with Crippen LogP contribution in [-0.4, -0.2) is 28.2 Å². The molecule has 1 aliphatic heterocycles. The standard InChI is InChI=1S/C24H21ClF3NO2.ClH/c25-22-18-10-11-29(13-15-6-8-17(9-7-15)24(26,27)28)14-20(16-4-2-1-3-5-16)19(18)12-21(30)23(22)31;/h1-9,12,20,30-31H,10-11,13-14H2;1H. The SMILES string of the molecule is Cl.Oc1cc2c(c(Cl)c1O)CCN(Cc1ccc(C(F)(F)F)cc1)CC2c1ccccc1. The second kappa shape index (κ2) is 9.61. The van der Waals surface area contributed by atoms with Gasteiger partial charge in [-0.1, -0.05) is 54.1 Å². The van der Waals surface area contributed by atoms with E-state index in [1.165, 1.54) is 12.1 Å². The number of halogens is 5. The van der Waals surface area contributed by atoms with Crippen molar-refractivity contribution in [2.75, 3.05) is 13.1 Å². The number of hydrogen-bond donors (Lipinski definition) is 2. The Morgan fingerprint density at radius 2 is 1.66 bits per heavy atom. The van der Waals surface area contributed by atoms with Gasteiger partial charge in [0.15, 0.2) is 11.5 Å². The number of nitrogens with zero attached hydrogens (tertiary/aromatic N) is 1. The largest absolute Gasteiger partial charge is 0.504 e. The number of benzene rings is 3. The average molecular weight is 484 g/mol. The van der Waals surface area contributed by atoms with Crippen molar-refractivity contribution in [1.82, 2.24) is 4.90 Å². The molecule has 1 atom stereocenters. The summed E-state index contributed by atoms with van der Waals surface area (Å²) < 4.78 is 38.6. The molecule has 1 aliphatic rings. The molecule has 0 bridgehead atoms. The Labute approximate surface area is 195 Å². The Bertz CT molecular complexity index is 1070. The number of rotatable bonds is 3. The predicted octanol–water partition coefficient (Wildman–Crippen LogP) is 6.38. The van der Waals surface area contributed by atoms with Gasteiger partial charge < -0.3 is 10.2 Å². The Kier molecular flexibility index (Phi) is 7.28. The Hall–Kier alpha value is -2.41. The maximum Gasteiger partial charge on any atom is 0.416 e. The number of alkyl halides is 3. The van der Waals surface area contributed by atoms with Gasteiger partial charge in [-0.2, -0.15) is 13.2 Å². The third-order valence-corrected chi connectivity index (χ3v) is 6.15. The van der Waals surface area contributed by atoms with Gasteiger partial charge in [0.05, 0.1) is 10.6 Å². The summed E-state index contributed by atoms with van der Waals surface area (Å²) in [5.41, 5.74) is 2.77. The molecule has 0 saturated carbocycles. The van der Waals surface area contributed by atoms with Crippen molar-refractivity contribution in [3.63, 3.8) is 0 Å². The van der Waals surface area contributed by atoms with Crippen molar-refractivity contribution < 1.29 is 23.4 Å². The highest BCUT2D eigenvalue weighted by molar-refractivity contribution is 6.33. The van der Waals surface area contributed by atoms with Crippen LogP contribution in [0.15, 0.2) is 60.7 Å². The summed E-state index contributed by atoms with van der Waals surface area (Å²) in [6, 6.07) is 16.5. The summed E-state index contributed by atoms with van der Waals surface area (Å²) in [5, 5.41) is 20.4. The third kappa shape index (κ3) is 4.98. The zero-order valence-electron chi connectivity index (χ0n) is 16.9. The van der Waals surface area contributed by atoms with Crippen molar-refractivity contribution in [2.24, 2.45) is 0 Å². The molecule has 0 amide bonds. The molecule has 3 nitrogen and oxygen atoms in total. The van der Waals surface area contributed by atoms with Gasteiger partial charge in [-0.3, -0.25) is 4.90 Å². The van der Waals surface area contributed by atoms with Gasteiger partial charge in [-0.25, -0.2) is 0 Å². The first-order valence-corrected chi connectivity index (χ1v) is 10.3. The topological polar surface area (TPSA) is 43.7 Å². The molecule has 0 saturated heterocycles. The van der Waals surface area contributed by atoms with E-state index in [0.717, 1.165) is 34.4 Å². The zero-order chi connectivity index (χ0) is 22.2. The molecule has 0 aliphatic carbocycles. The second-order valence-electron chi connectivity index (χ2n) is 7.77. The van der Waals surface area contributed by atoms with Crippen molar-refractivity contribution in [2.45, 2.75) is 25.1 Å². The highest BCUT2D eigenvalue weighted by Gasteiger charge is 2.31. The van der Waals surface area contributed by atoms with E-state index in [0.29, 0.717) is 26.1 Å². The summed E-state index contributed by atoms with van der Waals surface area (Å²) in [5.74, 6) is -0.707. The molecule has 1 unspecified atom stereocenters. The minimum atomic E-state index is -4.36. The molecule has 0 radical (unpaired) electrons. The Morgan fingerprint density at radius 3 is 2.28 bits per heavy atom. The minimum absolute atomic E-state index is 0. The summed E-state index contributed by atoms with van der Waals surface area (Å²) >= 11 is 6.37. The molecule has 8 heteroatoms. The molecule has 3 aromatic carbocycles. The molecular weight excluding hydrogens is 462 g/mol. The van der Waals surface area contributed by atoms with Crippen molar-refractivity contribution >= 4 is 24.0 Å². The van der Waals surface area contributed by atoms with Crippen LogP contribution in [0.2, 0.25) is 5.02 Å². The highest BCUT2D eigenvalue weighted by Crippen LogP contribution is 2.43. The predicted molar refractivity (Wildman–Crippen MR) is 121 cm³/mol. The van der Waals surface area contributed by atoms with Crippen LogP contribution in [0.3, 0.4) is 0 Å². The molecule has 170 valence electrons. The maximum atomic E-state index is 12.9. The van der Waals surface area contributed by atoms with Gasteiger partial charge in [-0.05, 0) is 46.9 Å². The van der Waals surface area contributed by atoms with Gasteiger partial charge in [0.25, 0.3) is 0 Å². The third-order valence-electron chi connectivity index (χ3n) is 5.74. The van der Waals surface area contributed by atoms with Crippen LogP contribution in [-0.2, 0) is 19.1 Å². The molecule has 3 aromatic rings. The van der Waals surface area contributed by atoms with Crippen LogP contribution >= 0.6 is 24.0 Å². The lowest BCUT2D eigenvalue weighted by Crippen LogP contribution is -2.28. The average Bonchev–Trinajstić information content (AvgIpc) is 2.92. The maximum absolute atomic E-state index is 12.9. The molecule has 4 rings (SSSR count). The number of aromatic hydroxyl groups is 2. The minimum Gasteiger partial charge on any atom is -0.504 e. The molecule has 0 spiro atoms. The summed E-state index contributed by atoms with van der Waals surface area (Å²) in [6.07, 6.45) is -3.81. The summed E-state index contributed by atoms with van der Waals surface area (Å²) in [7, 11) is 0. The van der Waals surface area contributed by atoms with E-state index in [9.17, 15) is 23.4 Å². The fourth-order valence-electron chi connectivity index (χ4n) is 4.14. The molecule has 0 aromatic heterocycles. The molecule has 1 heterocycles. The van der Waals surface area contributed by atoms with E-state index in [1.54, 1.807) is 6.07 Å². The first kappa shape index (κ1) is 24.2. The smallest absolute Gasteiger partial charge is 0.416 e. The van der Waals surface area contributed by atoms with Crippen LogP contribution in [0.4, 0.5) is 13.2 Å². The first-order valence-electron chi connectivity index (χ1n) is 9.90. The highest BCUT2D eigenvalue weighted by atomic mass is 35.5. The van der Waals surface area contributed by atoms with E-state index in [1.807, 2.05) is 30.3 Å². The number of phenols is 2. The Balaban J connectivity index is 0.00000289. The number of phenolic OH excluding ortho intramolecular Hbond substituents is 2. The molecule has 0 fully saturated rings. The second-order valence-corrected chi connectivity index (χ2v) is 8.15. The van der Waals surface area contributed by atoms with Gasteiger partial charge >= 0.3 is 6.18 Å². The van der Waals surface area contributed by atoms with Crippen LogP contribution in [0.1, 0.15) is 33.7 Å². The van der Waals surface area contributed by atoms with E-state index in [2.05, 4.69) is 4.90 Å². The number of fused-ring (bicyclic) bond motifs is 1. The van der Waals surface area contributed by atoms with Crippen LogP contribution in [0, 0.1) is 0 Å². The lowest BCUT2D eigenvalue weighted by molar-refractivity contribution is -0.137. The van der Waals surface area contributed by atoms with Crippen LogP contribution < -0.4 is 0 Å². The lowest BCUT2D eigenvalue weighted by atomic mass is 9.87. The molecular formula is C24H22Cl2F3NO2. The van der Waals surface area contributed by atoms with Crippen molar-refractivity contribution in [3.05, 3.63) is 93.5 Å². The van der Waals surface area contributed by atoms with Crippen LogP contribution in [0.5, 0.6) is 11.5 Å². The normalized spacial score (nSPS) is 16.7. The van der Waals surface area contributed by atoms with E-state index >= 15 is 0 Å². The monoisotopic (exact) mass is 483 g/mol. The van der Waals surface area contributed by atoms with Gasteiger partial charge in [0.1, 0.15) is 0 Å². The van der Waals surface area contributed by atoms with E-state index in [4.69, 9.17) is 11.6 Å². The van der Waals surface area contributed by atoms with Gasteiger partial charge in [0, 0.05) is 25.6 Å². The van der Waals surface area contributed by atoms with Crippen LogP contribution in [0.25, 0.3) is 0 Å². The summed E-state index contributed by atoms with van der Waals surface area (Å²) in [4.78, 5) is 2.16. The molecule has 32 heavy (non-hydrogen) atoms. The van der Waals surface area contributed by atoms with Crippen molar-refractivity contribution in [3.8, 4) is 11.5 Å².